The molecule has 1 amide bonds. The summed E-state index contributed by atoms with van der Waals surface area (Å²) in [4.78, 5) is 23.2. The number of nitrogens with zero attached hydrogens (tertiary/aromatic N) is 3. The topological polar surface area (TPSA) is 107 Å². The molecule has 3 aromatic rings. The number of benzene rings is 3. The molecule has 3 aromatic carbocycles. The van der Waals surface area contributed by atoms with Crippen LogP contribution in [0.4, 0.5) is 5.69 Å². The van der Waals surface area contributed by atoms with Crippen LogP contribution >= 0.6 is 11.9 Å². The number of aryl methyl sites for hydroxylation is 2. The van der Waals surface area contributed by atoms with Gasteiger partial charge in [0, 0.05) is 68.1 Å². The van der Waals surface area contributed by atoms with Crippen LogP contribution in [0.2, 0.25) is 0 Å². The van der Waals surface area contributed by atoms with Gasteiger partial charge in [-0.3, -0.25) is 24.8 Å². The molecule has 0 unspecified atom stereocenters. The summed E-state index contributed by atoms with van der Waals surface area (Å²) in [5.74, 6) is 0.235. The second-order valence-corrected chi connectivity index (χ2v) is 11.9. The van der Waals surface area contributed by atoms with Crippen LogP contribution in [-0.4, -0.2) is 80.2 Å². The highest BCUT2D eigenvalue weighted by molar-refractivity contribution is 7.97. The summed E-state index contributed by atoms with van der Waals surface area (Å²) >= 11 is 1.54. The zero-order valence-electron chi connectivity index (χ0n) is 26.6. The number of amidine groups is 1. The number of nitrogen functional groups attached to an aromatic ring is 1. The average molecular weight is 617 g/mol. The quantitative estimate of drug-likeness (QED) is 0.122. The van der Waals surface area contributed by atoms with Crippen LogP contribution in [0.15, 0.2) is 82.7 Å². The molecule has 0 atom stereocenters. The van der Waals surface area contributed by atoms with Gasteiger partial charge in [-0.2, -0.15) is 0 Å². The second kappa shape index (κ2) is 19.0. The minimum atomic E-state index is 0.107. The molecule has 9 heteroatoms. The predicted octanol–water partition coefficient (Wildman–Crippen LogP) is 6.10. The molecule has 0 aromatic heterocycles. The number of hydrogen-bond acceptors (Lipinski definition) is 7. The Morgan fingerprint density at radius 2 is 1.75 bits per heavy atom. The van der Waals surface area contributed by atoms with Gasteiger partial charge in [0.1, 0.15) is 5.84 Å². The highest BCUT2D eigenvalue weighted by Crippen LogP contribution is 2.22. The molecular weight excluding hydrogens is 568 g/mol. The molecule has 0 bridgehead atoms. The SMILES string of the molecule is CCCCc1ccccc1N=C(C)CNSc1cccc(C(=O)N2CCN(CCOC)CC2)c1.Cc1cccc(C(=N)N)c1. The van der Waals surface area contributed by atoms with Crippen molar-refractivity contribution in [3.05, 3.63) is 95.1 Å². The van der Waals surface area contributed by atoms with Crippen LogP contribution in [0.1, 0.15) is 53.7 Å². The van der Waals surface area contributed by atoms with Crippen molar-refractivity contribution in [2.45, 2.75) is 44.9 Å². The fourth-order valence-corrected chi connectivity index (χ4v) is 5.53. The molecule has 0 spiro atoms. The second-order valence-electron chi connectivity index (χ2n) is 10.9. The number of piperazine rings is 1. The molecule has 0 aliphatic carbocycles. The van der Waals surface area contributed by atoms with Crippen molar-refractivity contribution >= 4 is 35.1 Å². The maximum Gasteiger partial charge on any atom is 0.253 e. The molecule has 236 valence electrons. The Balaban J connectivity index is 0.000000448. The summed E-state index contributed by atoms with van der Waals surface area (Å²) in [6.07, 6.45) is 3.42. The van der Waals surface area contributed by atoms with Crippen LogP contribution in [-0.2, 0) is 11.2 Å². The van der Waals surface area contributed by atoms with Gasteiger partial charge in [0.15, 0.2) is 0 Å². The van der Waals surface area contributed by atoms with Crippen LogP contribution < -0.4 is 10.5 Å². The van der Waals surface area contributed by atoms with E-state index in [-0.39, 0.29) is 11.7 Å². The Morgan fingerprint density at radius 1 is 1.02 bits per heavy atom. The van der Waals surface area contributed by atoms with Crippen LogP contribution in [0.25, 0.3) is 0 Å². The lowest BCUT2D eigenvalue weighted by Crippen LogP contribution is -2.49. The van der Waals surface area contributed by atoms with Gasteiger partial charge in [-0.25, -0.2) is 0 Å². The first-order chi connectivity index (χ1) is 21.3. The zero-order valence-corrected chi connectivity index (χ0v) is 27.5. The number of carbonyl (C=O) groups is 1. The highest BCUT2D eigenvalue weighted by atomic mass is 32.2. The molecule has 1 fully saturated rings. The summed E-state index contributed by atoms with van der Waals surface area (Å²) < 4.78 is 8.56. The van der Waals surface area contributed by atoms with Crippen molar-refractivity contribution in [1.82, 2.24) is 14.5 Å². The molecule has 1 saturated heterocycles. The van der Waals surface area contributed by atoms with Crippen LogP contribution in [0, 0.1) is 12.3 Å². The molecule has 44 heavy (non-hydrogen) atoms. The van der Waals surface area contributed by atoms with Gasteiger partial charge in [-0.15, -0.1) is 0 Å². The third-order valence-corrected chi connectivity index (χ3v) is 8.08. The van der Waals surface area contributed by atoms with Gasteiger partial charge in [0.25, 0.3) is 5.91 Å². The van der Waals surface area contributed by atoms with Crippen molar-refractivity contribution in [1.29, 1.82) is 5.41 Å². The summed E-state index contributed by atoms with van der Waals surface area (Å²) in [7, 11) is 1.72. The van der Waals surface area contributed by atoms with Crippen molar-refractivity contribution in [3.8, 4) is 0 Å². The summed E-state index contributed by atoms with van der Waals surface area (Å²) in [6, 6.07) is 23.9. The third-order valence-electron chi connectivity index (χ3n) is 7.30. The molecule has 4 rings (SSSR count). The van der Waals surface area contributed by atoms with E-state index >= 15 is 0 Å². The number of aliphatic imine (C=N–C) groups is 1. The van der Waals surface area contributed by atoms with Gasteiger partial charge in [-0.05, 0) is 74.5 Å². The summed E-state index contributed by atoms with van der Waals surface area (Å²) in [6.45, 7) is 11.9. The summed E-state index contributed by atoms with van der Waals surface area (Å²) in [5, 5.41) is 7.11. The van der Waals surface area contributed by atoms with Gasteiger partial charge in [-0.1, -0.05) is 61.4 Å². The number of nitrogens with one attached hydrogen (secondary N) is 2. The lowest BCUT2D eigenvalue weighted by atomic mass is 10.1. The van der Waals surface area contributed by atoms with Crippen LogP contribution in [0.3, 0.4) is 0 Å². The van der Waals surface area contributed by atoms with E-state index in [9.17, 15) is 4.79 Å². The van der Waals surface area contributed by atoms with E-state index in [0.29, 0.717) is 6.54 Å². The number of unbranched alkanes of at least 4 members (excludes halogenated alkanes) is 1. The van der Waals surface area contributed by atoms with E-state index < -0.39 is 0 Å². The largest absolute Gasteiger partial charge is 0.384 e. The predicted molar refractivity (Wildman–Crippen MR) is 185 cm³/mol. The van der Waals surface area contributed by atoms with Gasteiger partial charge in [0.05, 0.1) is 12.3 Å². The van der Waals surface area contributed by atoms with Crippen molar-refractivity contribution in [3.63, 3.8) is 0 Å². The Bertz CT molecular complexity index is 1370. The van der Waals surface area contributed by atoms with Crippen molar-refractivity contribution in [2.75, 3.05) is 53.0 Å². The zero-order chi connectivity index (χ0) is 31.7. The number of nitrogens with two attached hydrogens (primary N) is 1. The number of rotatable bonds is 13. The maximum absolute atomic E-state index is 13.0. The maximum atomic E-state index is 13.0. The normalized spacial score (nSPS) is 13.7. The van der Waals surface area contributed by atoms with Crippen LogP contribution in [0.5, 0.6) is 0 Å². The number of amides is 1. The molecule has 1 aliphatic rings. The number of methoxy groups -OCH3 is 1. The lowest BCUT2D eigenvalue weighted by molar-refractivity contribution is 0.0594. The highest BCUT2D eigenvalue weighted by Gasteiger charge is 2.22. The van der Waals surface area contributed by atoms with E-state index in [1.54, 1.807) is 19.1 Å². The minimum Gasteiger partial charge on any atom is -0.384 e. The van der Waals surface area contributed by atoms with E-state index in [4.69, 9.17) is 20.9 Å². The Kier molecular flexibility index (Phi) is 15.1. The van der Waals surface area contributed by atoms with Crippen molar-refractivity contribution in [2.24, 2.45) is 10.7 Å². The molecule has 0 saturated carbocycles. The van der Waals surface area contributed by atoms with E-state index in [0.717, 1.165) is 78.7 Å². The Hall–Kier alpha value is -3.50. The monoisotopic (exact) mass is 616 g/mol. The number of para-hydroxylation sites is 1. The smallest absolute Gasteiger partial charge is 0.253 e. The first kappa shape index (κ1) is 35.0. The van der Waals surface area contributed by atoms with E-state index in [2.05, 4.69) is 41.7 Å². The average Bonchev–Trinajstić information content (AvgIpc) is 3.03. The number of hydrogen-bond donors (Lipinski definition) is 3. The molecule has 0 radical (unpaired) electrons. The first-order valence-corrected chi connectivity index (χ1v) is 16.2. The standard InChI is InChI=1S/C27H38N4O2S.C8H10N2/c1-4-5-9-23-10-6-7-13-26(23)29-22(2)21-28-34-25-12-8-11-24(20-25)27(32)31-16-14-30(15-17-31)18-19-33-3;1-6-3-2-4-7(5-6)8(9)10/h6-8,10-13,20,28H,4-5,9,14-19,21H2,1-3H3;2-5H,1H3,(H3,9,10). The Morgan fingerprint density at radius 3 is 2.43 bits per heavy atom. The van der Waals surface area contributed by atoms with Gasteiger partial charge < -0.3 is 15.4 Å². The lowest BCUT2D eigenvalue weighted by Gasteiger charge is -2.34. The molecule has 8 nitrogen and oxygen atoms in total. The molecular formula is C35H48N6O2S. The Labute approximate surface area is 267 Å². The third kappa shape index (κ3) is 11.9. The fourth-order valence-electron chi connectivity index (χ4n) is 4.75. The van der Waals surface area contributed by atoms with E-state index in [1.807, 2.05) is 66.4 Å². The fraction of sp³-hybridized carbons (Fsp3) is 0.400. The van der Waals surface area contributed by atoms with Gasteiger partial charge in [0.2, 0.25) is 0 Å². The first-order valence-electron chi connectivity index (χ1n) is 15.3. The molecule has 1 aliphatic heterocycles. The number of carbonyl (C=O) groups excluding carboxylic acids is 1. The molecule has 1 heterocycles. The van der Waals surface area contributed by atoms with Crippen molar-refractivity contribution < 1.29 is 9.53 Å². The van der Waals surface area contributed by atoms with E-state index in [1.165, 1.54) is 18.4 Å². The molecule has 4 N–H and O–H groups in total. The van der Waals surface area contributed by atoms with Gasteiger partial charge >= 0.3 is 0 Å². The number of ether oxygens (including phenoxy) is 1. The minimum absolute atomic E-state index is 0.107. The summed E-state index contributed by atoms with van der Waals surface area (Å²) in [5.41, 5.74) is 11.3.